The van der Waals surface area contributed by atoms with Crippen molar-refractivity contribution < 1.29 is 8.92 Å². The summed E-state index contributed by atoms with van der Waals surface area (Å²) in [6, 6.07) is 8.41. The summed E-state index contributed by atoms with van der Waals surface area (Å²) in [7, 11) is 0. The van der Waals surface area contributed by atoms with E-state index in [4.69, 9.17) is 8.92 Å². The fourth-order valence-electron chi connectivity index (χ4n) is 2.86. The Morgan fingerprint density at radius 3 is 2.44 bits per heavy atom. The molecule has 0 N–H and O–H groups in total. The van der Waals surface area contributed by atoms with E-state index in [2.05, 4.69) is 51.3 Å². The van der Waals surface area contributed by atoms with Gasteiger partial charge < -0.3 is 8.92 Å². The molecule has 0 spiro atoms. The lowest BCUT2D eigenvalue weighted by atomic mass is 9.77. The summed E-state index contributed by atoms with van der Waals surface area (Å²) >= 11 is 1.44. The summed E-state index contributed by atoms with van der Waals surface area (Å²) in [5.41, 5.74) is 2.89. The molecular formula is C22H28O2S. The highest BCUT2D eigenvalue weighted by Crippen LogP contribution is 2.35. The van der Waals surface area contributed by atoms with Gasteiger partial charge in [0.1, 0.15) is 18.1 Å². The Balaban J connectivity index is 1.96. The maximum atomic E-state index is 5.67. The Morgan fingerprint density at radius 1 is 1.08 bits per heavy atom. The van der Waals surface area contributed by atoms with Gasteiger partial charge in [-0.25, -0.2) is 0 Å². The van der Waals surface area contributed by atoms with E-state index in [1.807, 2.05) is 18.2 Å². The second kappa shape index (κ2) is 9.57. The highest BCUT2D eigenvalue weighted by atomic mass is 32.2. The third-order valence-electron chi connectivity index (χ3n) is 4.22. The second-order valence-corrected chi connectivity index (χ2v) is 7.53. The molecule has 134 valence electrons. The van der Waals surface area contributed by atoms with Gasteiger partial charge >= 0.3 is 0 Å². The molecule has 3 heteroatoms. The minimum absolute atomic E-state index is 0.0899. The second-order valence-electron chi connectivity index (χ2n) is 6.80. The number of benzene rings is 1. The molecule has 0 saturated heterocycles. The van der Waals surface area contributed by atoms with E-state index in [1.54, 1.807) is 6.08 Å². The van der Waals surface area contributed by atoms with Gasteiger partial charge in [-0.15, -0.1) is 6.58 Å². The van der Waals surface area contributed by atoms with Crippen LogP contribution in [0, 0.1) is 0 Å². The van der Waals surface area contributed by atoms with Crippen molar-refractivity contribution in [3.05, 3.63) is 78.6 Å². The van der Waals surface area contributed by atoms with Crippen molar-refractivity contribution in [3.63, 3.8) is 0 Å². The van der Waals surface area contributed by atoms with Crippen molar-refractivity contribution >= 4 is 12.0 Å². The van der Waals surface area contributed by atoms with E-state index >= 15 is 0 Å². The lowest BCUT2D eigenvalue weighted by Crippen LogP contribution is -2.18. The first-order valence-corrected chi connectivity index (χ1v) is 9.59. The van der Waals surface area contributed by atoms with Gasteiger partial charge in [0.2, 0.25) is 0 Å². The van der Waals surface area contributed by atoms with Crippen molar-refractivity contribution in [2.45, 2.75) is 38.5 Å². The molecule has 0 atom stereocenters. The van der Waals surface area contributed by atoms with Crippen LogP contribution in [0.15, 0.2) is 73.1 Å². The zero-order valence-electron chi connectivity index (χ0n) is 15.3. The largest absolute Gasteiger partial charge is 0.490 e. The van der Waals surface area contributed by atoms with E-state index < -0.39 is 0 Å². The zero-order chi connectivity index (χ0) is 18.1. The van der Waals surface area contributed by atoms with E-state index in [0.29, 0.717) is 6.61 Å². The summed E-state index contributed by atoms with van der Waals surface area (Å²) in [5.74, 6) is 2.75. The topological polar surface area (TPSA) is 18.5 Å². The Hall–Kier alpha value is -1.87. The summed E-state index contributed by atoms with van der Waals surface area (Å²) in [6.45, 7) is 12.5. The van der Waals surface area contributed by atoms with Crippen LogP contribution in [0.25, 0.3) is 0 Å². The van der Waals surface area contributed by atoms with Crippen molar-refractivity contribution in [2.75, 3.05) is 12.4 Å². The fraction of sp³-hybridized carbons (Fsp3) is 0.364. The number of ether oxygens (including phenoxy) is 1. The van der Waals surface area contributed by atoms with E-state index in [9.17, 15) is 0 Å². The van der Waals surface area contributed by atoms with E-state index in [0.717, 1.165) is 36.5 Å². The van der Waals surface area contributed by atoms with Crippen molar-refractivity contribution in [3.8, 4) is 5.75 Å². The molecule has 1 aromatic rings. The molecule has 0 saturated carbocycles. The molecule has 0 fully saturated rings. The highest BCUT2D eigenvalue weighted by molar-refractivity contribution is 7.94. The lowest BCUT2D eigenvalue weighted by molar-refractivity contribution is 0.362. The van der Waals surface area contributed by atoms with Crippen LogP contribution in [0.5, 0.6) is 5.75 Å². The van der Waals surface area contributed by atoms with Crippen LogP contribution < -0.4 is 4.74 Å². The number of hydrogen-bond acceptors (Lipinski definition) is 3. The van der Waals surface area contributed by atoms with Crippen molar-refractivity contribution in [1.82, 2.24) is 0 Å². The first-order valence-electron chi connectivity index (χ1n) is 8.68. The van der Waals surface area contributed by atoms with Gasteiger partial charge in [-0.05, 0) is 42.0 Å². The average molecular weight is 357 g/mol. The predicted molar refractivity (Wildman–Crippen MR) is 109 cm³/mol. The van der Waals surface area contributed by atoms with Crippen LogP contribution in [0.2, 0.25) is 0 Å². The molecule has 0 heterocycles. The monoisotopic (exact) mass is 356 g/mol. The SMILES string of the molecule is C=CCOc1ccc(C(C)(C)CC2=CC=C(OSCC=C)CC2)cc1. The van der Waals surface area contributed by atoms with Gasteiger partial charge in [0.15, 0.2) is 0 Å². The van der Waals surface area contributed by atoms with Crippen LogP contribution in [0.3, 0.4) is 0 Å². The summed E-state index contributed by atoms with van der Waals surface area (Å²) < 4.78 is 11.2. The molecule has 0 amide bonds. The molecule has 2 rings (SSSR count). The van der Waals surface area contributed by atoms with E-state index in [1.165, 1.54) is 23.2 Å². The lowest BCUT2D eigenvalue weighted by Gasteiger charge is -2.28. The Kier molecular flexibility index (Phi) is 7.45. The predicted octanol–water partition coefficient (Wildman–Crippen LogP) is 6.37. The molecule has 2 nitrogen and oxygen atoms in total. The highest BCUT2D eigenvalue weighted by Gasteiger charge is 2.23. The molecule has 1 aromatic carbocycles. The van der Waals surface area contributed by atoms with Gasteiger partial charge in [0.05, 0.1) is 12.0 Å². The molecule has 0 aromatic heterocycles. The quantitative estimate of drug-likeness (QED) is 0.275. The van der Waals surface area contributed by atoms with Crippen LogP contribution >= 0.6 is 12.0 Å². The molecule has 1 aliphatic carbocycles. The third-order valence-corrected chi connectivity index (χ3v) is 4.93. The van der Waals surface area contributed by atoms with Crippen molar-refractivity contribution in [2.24, 2.45) is 0 Å². The van der Waals surface area contributed by atoms with Crippen LogP contribution in [-0.4, -0.2) is 12.4 Å². The first-order chi connectivity index (χ1) is 12.0. The Morgan fingerprint density at radius 2 is 1.84 bits per heavy atom. The van der Waals surface area contributed by atoms with Gasteiger partial charge in [0.25, 0.3) is 0 Å². The number of allylic oxidation sites excluding steroid dienone is 4. The molecule has 0 radical (unpaired) electrons. The van der Waals surface area contributed by atoms with Gasteiger partial charge in [-0.3, -0.25) is 0 Å². The summed E-state index contributed by atoms with van der Waals surface area (Å²) in [4.78, 5) is 0. The zero-order valence-corrected chi connectivity index (χ0v) is 16.1. The minimum atomic E-state index is 0.0899. The first kappa shape index (κ1) is 19.5. The summed E-state index contributed by atoms with van der Waals surface area (Å²) in [6.07, 6.45) is 11.0. The fourth-order valence-corrected chi connectivity index (χ4v) is 3.32. The van der Waals surface area contributed by atoms with Gasteiger partial charge in [0, 0.05) is 12.2 Å². The standard InChI is InChI=1S/C22H28O2S/c1-5-15-23-20-13-9-19(10-14-20)22(3,4)17-18-7-11-21(12-8-18)24-25-16-6-2/h5-7,9-11,13-14H,1-2,8,12,15-17H2,3-4H3. The maximum Gasteiger partial charge on any atom is 0.119 e. The number of rotatable bonds is 10. The van der Waals surface area contributed by atoms with Gasteiger partial charge in [-0.1, -0.05) is 56.4 Å². The minimum Gasteiger partial charge on any atom is -0.490 e. The summed E-state index contributed by atoms with van der Waals surface area (Å²) in [5, 5.41) is 0. The molecule has 0 aliphatic heterocycles. The van der Waals surface area contributed by atoms with Crippen LogP contribution in [0.1, 0.15) is 38.7 Å². The van der Waals surface area contributed by atoms with Crippen molar-refractivity contribution in [1.29, 1.82) is 0 Å². The molecule has 25 heavy (non-hydrogen) atoms. The molecule has 0 unspecified atom stereocenters. The number of hydrogen-bond donors (Lipinski definition) is 0. The van der Waals surface area contributed by atoms with Gasteiger partial charge in [-0.2, -0.15) is 0 Å². The molecular weight excluding hydrogens is 328 g/mol. The van der Waals surface area contributed by atoms with Crippen LogP contribution in [0.4, 0.5) is 0 Å². The maximum absolute atomic E-state index is 5.67. The normalized spacial score (nSPS) is 14.3. The molecule has 1 aliphatic rings. The Labute approximate surface area is 156 Å². The third kappa shape index (κ3) is 6.17. The molecule has 0 bridgehead atoms. The smallest absolute Gasteiger partial charge is 0.119 e. The van der Waals surface area contributed by atoms with Crippen LogP contribution in [-0.2, 0) is 9.60 Å². The Bertz CT molecular complexity index is 638. The van der Waals surface area contributed by atoms with E-state index in [-0.39, 0.29) is 5.41 Å². The average Bonchev–Trinajstić information content (AvgIpc) is 2.62.